The van der Waals surface area contributed by atoms with Crippen LogP contribution in [0.1, 0.15) is 0 Å². The van der Waals surface area contributed by atoms with Crippen LogP contribution in [0.5, 0.6) is 0 Å². The van der Waals surface area contributed by atoms with Crippen LogP contribution in [0, 0.1) is 0 Å². The molecule has 0 spiro atoms. The topological polar surface area (TPSA) is 0 Å². The normalized spacial score (nSPS) is 11.3. The third kappa shape index (κ3) is 9.45. The van der Waals surface area contributed by atoms with Crippen LogP contribution in [-0.2, 0) is 23.3 Å². The molecule has 0 aromatic heterocycles. The number of hydrogen-bond donors (Lipinski definition) is 0. The van der Waals surface area contributed by atoms with Crippen LogP contribution in [0.2, 0.25) is 52.4 Å². The van der Waals surface area contributed by atoms with Gasteiger partial charge in [0.25, 0.3) is 0 Å². The van der Waals surface area contributed by atoms with Gasteiger partial charge in [0.05, 0.1) is 16.1 Å². The monoisotopic (exact) mass is 844 g/mol. The number of hydrogen-bond acceptors (Lipinski definition) is 0. The first-order valence-electron chi connectivity index (χ1n) is 17.7. The molecule has 0 aliphatic carbocycles. The van der Waals surface area contributed by atoms with Crippen LogP contribution in [0.4, 0.5) is 0 Å². The maximum absolute atomic E-state index is 2.43. The molecular formula is C46H48Cl2Si3Zr-2. The quantitative estimate of drug-likeness (QED) is 0.138. The summed E-state index contributed by atoms with van der Waals surface area (Å²) in [7, 11) is -2.59. The molecule has 0 radical (unpaired) electrons. The van der Waals surface area contributed by atoms with Crippen LogP contribution >= 0.6 is 0 Å². The Hall–Kier alpha value is -2.83. The molecule has 0 amide bonds. The van der Waals surface area contributed by atoms with Gasteiger partial charge in [-0.2, -0.15) is 12.1 Å². The first-order valence-corrected chi connectivity index (χ1v) is 30.9. The van der Waals surface area contributed by atoms with Gasteiger partial charge in [0.15, 0.2) is 0 Å². The van der Waals surface area contributed by atoms with Crippen LogP contribution in [-0.4, -0.2) is 21.6 Å². The predicted molar refractivity (Wildman–Crippen MR) is 228 cm³/mol. The van der Waals surface area contributed by atoms with Crippen molar-refractivity contribution in [2.75, 3.05) is 0 Å². The second-order valence-electron chi connectivity index (χ2n) is 15.7. The molecule has 0 aliphatic heterocycles. The summed E-state index contributed by atoms with van der Waals surface area (Å²) in [5.74, 6) is 0. The first-order chi connectivity index (χ1) is 23.8. The number of halogens is 2. The minimum atomic E-state index is -1.29. The number of fused-ring (bicyclic) bond motifs is 4. The number of rotatable bonds is 4. The fourth-order valence-corrected chi connectivity index (χ4v) is 9.06. The summed E-state index contributed by atoms with van der Waals surface area (Å²) in [6.07, 6.45) is 0. The average Bonchev–Trinajstić information content (AvgIpc) is 3.74. The van der Waals surface area contributed by atoms with Crippen molar-refractivity contribution in [3.05, 3.63) is 146 Å². The zero-order valence-corrected chi connectivity index (χ0v) is 38.6. The Labute approximate surface area is 340 Å². The first kappa shape index (κ1) is 41.9. The largest absolute Gasteiger partial charge is 1.00 e. The van der Waals surface area contributed by atoms with Crippen molar-refractivity contribution in [3.8, 4) is 22.3 Å². The van der Waals surface area contributed by atoms with Gasteiger partial charge in [0, 0.05) is 0 Å². The zero-order chi connectivity index (χ0) is 35.6. The number of benzene rings is 6. The SMILES string of the molecule is C[Si](C)(C)c1cc2c(-c3cccc4ccccc34)cccc2[cH-]1.C[Si](C)(C)c1cc2c(-c3cccc4ccccc34)cccc2[cH-]1.C[Si](C)=[Zr+2].[Cl-].[Cl-]. The Kier molecular flexibility index (Phi) is 14.1. The van der Waals surface area contributed by atoms with Crippen LogP contribution in [0.15, 0.2) is 146 Å². The van der Waals surface area contributed by atoms with Gasteiger partial charge in [0.2, 0.25) is 0 Å². The Balaban J connectivity index is 0.000000204. The van der Waals surface area contributed by atoms with Gasteiger partial charge in [-0.05, 0) is 32.7 Å². The summed E-state index contributed by atoms with van der Waals surface area (Å²) in [6.45, 7) is 19.1. The van der Waals surface area contributed by atoms with E-state index in [-0.39, 0.29) is 30.2 Å². The molecule has 8 aromatic carbocycles. The van der Waals surface area contributed by atoms with Gasteiger partial charge < -0.3 is 24.8 Å². The van der Waals surface area contributed by atoms with E-state index in [0.29, 0.717) is 0 Å². The molecule has 52 heavy (non-hydrogen) atoms. The summed E-state index contributed by atoms with van der Waals surface area (Å²) >= 11 is 1.74. The molecule has 6 heteroatoms. The van der Waals surface area contributed by atoms with E-state index < -0.39 is 16.1 Å². The Morgan fingerprint density at radius 1 is 0.423 bits per heavy atom. The molecule has 0 nitrogen and oxygen atoms in total. The van der Waals surface area contributed by atoms with E-state index in [2.05, 4.69) is 198 Å². The van der Waals surface area contributed by atoms with Gasteiger partial charge in [-0.1, -0.05) is 147 Å². The van der Waals surface area contributed by atoms with Crippen molar-refractivity contribution in [3.63, 3.8) is 0 Å². The van der Waals surface area contributed by atoms with Gasteiger partial charge in [-0.25, -0.2) is 0 Å². The minimum absolute atomic E-state index is 0. The fraction of sp³-hybridized carbons (Fsp3) is 0.174. The predicted octanol–water partition coefficient (Wildman–Crippen LogP) is 6.64. The van der Waals surface area contributed by atoms with Crippen molar-refractivity contribution in [1.82, 2.24) is 0 Å². The molecule has 0 bridgehead atoms. The molecule has 264 valence electrons. The van der Waals surface area contributed by atoms with Crippen LogP contribution in [0.25, 0.3) is 65.3 Å². The molecule has 0 unspecified atom stereocenters. The third-order valence-corrected chi connectivity index (χ3v) is 13.4. The zero-order valence-electron chi connectivity index (χ0n) is 31.6. The standard InChI is InChI=1S/2C22H21Si.C2H6Si.2ClH.Zr/c2*1-23(2,3)18-14-17-10-7-13-21(22(17)15-18)20-12-6-9-16-8-4-5-11-19(16)20;1-3-2;;;/h2*4-15H,1-3H3;1-2H3;2*1H;/q2*-1;;;;+2/p-2. The van der Waals surface area contributed by atoms with Crippen molar-refractivity contribution in [1.29, 1.82) is 0 Å². The Morgan fingerprint density at radius 3 is 1.06 bits per heavy atom. The summed E-state index contributed by atoms with van der Waals surface area (Å²) in [5.41, 5.74) is 5.58. The second-order valence-corrected chi connectivity index (χ2v) is 35.2. The van der Waals surface area contributed by atoms with E-state index in [1.54, 1.807) is 33.7 Å². The van der Waals surface area contributed by atoms with Gasteiger partial charge in [-0.15, -0.1) is 68.3 Å². The molecular weight excluding hydrogens is 799 g/mol. The summed E-state index contributed by atoms with van der Waals surface area (Å²) in [5, 5.41) is 13.9. The van der Waals surface area contributed by atoms with Gasteiger partial charge >= 0.3 is 41.9 Å². The Morgan fingerprint density at radius 2 is 0.712 bits per heavy atom. The van der Waals surface area contributed by atoms with Crippen molar-refractivity contribution in [2.45, 2.75) is 52.4 Å². The van der Waals surface area contributed by atoms with Gasteiger partial charge in [-0.3, -0.25) is 0 Å². The van der Waals surface area contributed by atoms with Crippen LogP contribution in [0.3, 0.4) is 0 Å². The van der Waals surface area contributed by atoms with E-state index in [1.165, 1.54) is 65.3 Å². The average molecular weight is 847 g/mol. The molecule has 0 fully saturated rings. The molecule has 0 atom stereocenters. The molecule has 0 aliphatic rings. The molecule has 0 N–H and O–H groups in total. The van der Waals surface area contributed by atoms with E-state index in [0.717, 1.165) is 0 Å². The maximum atomic E-state index is 2.43. The fourth-order valence-electron chi connectivity index (χ4n) is 6.73. The molecule has 0 saturated heterocycles. The van der Waals surface area contributed by atoms with Gasteiger partial charge in [0.1, 0.15) is 0 Å². The molecule has 8 aromatic rings. The van der Waals surface area contributed by atoms with E-state index in [9.17, 15) is 0 Å². The minimum Gasteiger partial charge on any atom is -1.00 e. The summed E-state index contributed by atoms with van der Waals surface area (Å²) in [6, 6.07) is 53.6. The summed E-state index contributed by atoms with van der Waals surface area (Å²) in [4.78, 5) is 0. The van der Waals surface area contributed by atoms with Crippen molar-refractivity contribution >= 4 is 75.0 Å². The molecule has 8 rings (SSSR count). The van der Waals surface area contributed by atoms with E-state index in [1.807, 2.05) is 0 Å². The smallest absolute Gasteiger partial charge is 1.00 e. The Bertz CT molecular complexity index is 2280. The molecule has 0 saturated carbocycles. The molecule has 0 heterocycles. The van der Waals surface area contributed by atoms with E-state index >= 15 is 0 Å². The van der Waals surface area contributed by atoms with Crippen molar-refractivity contribution in [2.24, 2.45) is 0 Å². The summed E-state index contributed by atoms with van der Waals surface area (Å²) < 4.78 is 0. The maximum Gasteiger partial charge on any atom is -1.00 e. The van der Waals surface area contributed by atoms with Crippen LogP contribution < -0.4 is 35.2 Å². The van der Waals surface area contributed by atoms with E-state index in [4.69, 9.17) is 0 Å². The van der Waals surface area contributed by atoms with Crippen molar-refractivity contribution < 1.29 is 48.1 Å². The second kappa shape index (κ2) is 17.5. The third-order valence-electron chi connectivity index (χ3n) is 9.39.